The maximum Gasteiger partial charge on any atom is 0.246 e. The molecule has 0 bridgehead atoms. The highest BCUT2D eigenvalue weighted by molar-refractivity contribution is 7.89. The number of nitrogens with zero attached hydrogens (tertiary/aromatic N) is 1. The van der Waals surface area contributed by atoms with E-state index in [0.29, 0.717) is 25.4 Å². The van der Waals surface area contributed by atoms with Crippen molar-refractivity contribution in [1.29, 1.82) is 0 Å². The van der Waals surface area contributed by atoms with Crippen LogP contribution in [-0.2, 0) is 19.6 Å². The average molecular weight is 422 g/mol. The Kier molecular flexibility index (Phi) is 9.48. The summed E-state index contributed by atoms with van der Waals surface area (Å²) in [6.07, 6.45) is 2.70. The number of ether oxygens (including phenoxy) is 2. The first-order chi connectivity index (χ1) is 12.4. The molecule has 1 atom stereocenters. The van der Waals surface area contributed by atoms with Gasteiger partial charge in [0, 0.05) is 25.9 Å². The van der Waals surface area contributed by atoms with Gasteiger partial charge in [0.2, 0.25) is 15.9 Å². The number of halogens is 1. The summed E-state index contributed by atoms with van der Waals surface area (Å²) in [5, 5.41) is 2.63. The van der Waals surface area contributed by atoms with Crippen LogP contribution in [0.15, 0.2) is 23.1 Å². The predicted molar refractivity (Wildman–Crippen MR) is 106 cm³/mol. The summed E-state index contributed by atoms with van der Waals surface area (Å²) in [7, 11) is -2.25. The molecule has 10 heteroatoms. The van der Waals surface area contributed by atoms with E-state index in [-0.39, 0.29) is 29.7 Å². The molecule has 0 aliphatic carbocycles. The van der Waals surface area contributed by atoms with Crippen LogP contribution in [0.25, 0.3) is 0 Å². The monoisotopic (exact) mass is 421 g/mol. The zero-order chi connectivity index (χ0) is 19.2. The van der Waals surface area contributed by atoms with Gasteiger partial charge in [0.25, 0.3) is 0 Å². The molecule has 154 valence electrons. The first-order valence-corrected chi connectivity index (χ1v) is 10.2. The maximum absolute atomic E-state index is 13.0. The van der Waals surface area contributed by atoms with Crippen molar-refractivity contribution in [3.8, 4) is 5.75 Å². The zero-order valence-electron chi connectivity index (χ0n) is 15.6. The maximum atomic E-state index is 13.0. The van der Waals surface area contributed by atoms with E-state index in [2.05, 4.69) is 5.32 Å². The fraction of sp³-hybridized carbons (Fsp3) is 0.588. The topological polar surface area (TPSA) is 111 Å². The highest BCUT2D eigenvalue weighted by Gasteiger charge is 2.29. The number of hydrogen-bond donors (Lipinski definition) is 2. The zero-order valence-corrected chi connectivity index (χ0v) is 17.3. The minimum Gasteiger partial charge on any atom is -0.492 e. The highest BCUT2D eigenvalue weighted by atomic mass is 35.5. The fourth-order valence-corrected chi connectivity index (χ4v) is 4.47. The Morgan fingerprint density at radius 1 is 1.30 bits per heavy atom. The summed E-state index contributed by atoms with van der Waals surface area (Å²) >= 11 is 0. The highest BCUT2D eigenvalue weighted by Crippen LogP contribution is 2.31. The van der Waals surface area contributed by atoms with E-state index in [0.717, 1.165) is 19.3 Å². The molecular formula is C17H28ClN3O5S. The van der Waals surface area contributed by atoms with Crippen molar-refractivity contribution in [3.05, 3.63) is 18.2 Å². The molecule has 1 aliphatic rings. The Hall–Kier alpha value is -1.39. The third-order valence-electron chi connectivity index (χ3n) is 4.13. The van der Waals surface area contributed by atoms with Crippen LogP contribution in [0.4, 0.5) is 5.69 Å². The molecule has 0 spiro atoms. The van der Waals surface area contributed by atoms with Crippen LogP contribution in [0.2, 0.25) is 0 Å². The van der Waals surface area contributed by atoms with Crippen LogP contribution < -0.4 is 15.8 Å². The Morgan fingerprint density at radius 2 is 1.96 bits per heavy atom. The van der Waals surface area contributed by atoms with Gasteiger partial charge in [0.1, 0.15) is 16.7 Å². The number of piperidine rings is 1. The Labute approximate surface area is 166 Å². The van der Waals surface area contributed by atoms with E-state index in [9.17, 15) is 13.2 Å². The first kappa shape index (κ1) is 23.6. The number of sulfonamides is 1. The average Bonchev–Trinajstić information content (AvgIpc) is 2.64. The van der Waals surface area contributed by atoms with Crippen LogP contribution in [-0.4, -0.2) is 58.1 Å². The molecule has 0 aromatic heterocycles. The van der Waals surface area contributed by atoms with E-state index >= 15 is 0 Å². The second-order valence-corrected chi connectivity index (χ2v) is 8.02. The molecule has 1 unspecified atom stereocenters. The molecule has 3 N–H and O–H groups in total. The lowest BCUT2D eigenvalue weighted by atomic mass is 10.2. The molecule has 2 rings (SSSR count). The molecule has 0 saturated carbocycles. The van der Waals surface area contributed by atoms with Crippen molar-refractivity contribution in [1.82, 2.24) is 4.31 Å². The minimum absolute atomic E-state index is 0. The lowest BCUT2D eigenvalue weighted by Crippen LogP contribution is -2.39. The van der Waals surface area contributed by atoms with Crippen molar-refractivity contribution in [2.75, 3.05) is 38.7 Å². The van der Waals surface area contributed by atoms with Gasteiger partial charge in [0.05, 0.1) is 13.2 Å². The summed E-state index contributed by atoms with van der Waals surface area (Å²) < 4.78 is 37.9. The molecule has 1 aromatic carbocycles. The molecule has 1 aromatic rings. The van der Waals surface area contributed by atoms with Crippen LogP contribution in [0.5, 0.6) is 5.75 Å². The van der Waals surface area contributed by atoms with Crippen LogP contribution in [0, 0.1) is 0 Å². The standard InChI is InChI=1S/C17H27N3O5S.ClH/c1-3-25-15-8-7-13(19-17(21)14(18)12-24-2)11-16(15)26(22,23)20-9-5-4-6-10-20;/h7-8,11,14H,3-6,9-10,12,18H2,1-2H3,(H,19,21);1H. The van der Waals surface area contributed by atoms with Gasteiger partial charge >= 0.3 is 0 Å². The van der Waals surface area contributed by atoms with Gasteiger partial charge in [-0.15, -0.1) is 12.4 Å². The molecule has 1 amide bonds. The van der Waals surface area contributed by atoms with Crippen LogP contribution in [0.1, 0.15) is 26.2 Å². The molecular weight excluding hydrogens is 394 g/mol. The SMILES string of the molecule is CCOc1ccc(NC(=O)C(N)COC)cc1S(=O)(=O)N1CCCCC1.Cl. The van der Waals surface area contributed by atoms with Gasteiger partial charge in [-0.25, -0.2) is 8.42 Å². The van der Waals surface area contributed by atoms with Gasteiger partial charge in [-0.3, -0.25) is 4.79 Å². The van der Waals surface area contributed by atoms with E-state index < -0.39 is 22.0 Å². The lowest BCUT2D eigenvalue weighted by molar-refractivity contribution is -0.118. The van der Waals surface area contributed by atoms with E-state index in [1.807, 2.05) is 0 Å². The van der Waals surface area contributed by atoms with Gasteiger partial charge in [0.15, 0.2) is 0 Å². The Morgan fingerprint density at radius 3 is 2.56 bits per heavy atom. The number of rotatable bonds is 8. The van der Waals surface area contributed by atoms with Crippen molar-refractivity contribution in [3.63, 3.8) is 0 Å². The summed E-state index contributed by atoms with van der Waals surface area (Å²) in [5.74, 6) is -0.172. The summed E-state index contributed by atoms with van der Waals surface area (Å²) in [6, 6.07) is 3.73. The third kappa shape index (κ3) is 6.05. The van der Waals surface area contributed by atoms with Crippen molar-refractivity contribution in [2.45, 2.75) is 37.1 Å². The Balaban J connectivity index is 0.00000364. The first-order valence-electron chi connectivity index (χ1n) is 8.72. The van der Waals surface area contributed by atoms with Gasteiger partial charge in [-0.05, 0) is 38.0 Å². The van der Waals surface area contributed by atoms with E-state index in [1.165, 1.54) is 17.5 Å². The van der Waals surface area contributed by atoms with Crippen LogP contribution >= 0.6 is 12.4 Å². The van der Waals surface area contributed by atoms with Crippen molar-refractivity contribution >= 4 is 34.0 Å². The second-order valence-electron chi connectivity index (χ2n) is 6.11. The normalized spacial score (nSPS) is 16.3. The molecule has 8 nitrogen and oxygen atoms in total. The number of methoxy groups -OCH3 is 1. The number of nitrogens with one attached hydrogen (secondary N) is 1. The fourth-order valence-electron chi connectivity index (χ4n) is 2.80. The quantitative estimate of drug-likeness (QED) is 0.659. The second kappa shape index (κ2) is 10.8. The number of nitrogens with two attached hydrogens (primary N) is 1. The molecule has 1 heterocycles. The van der Waals surface area contributed by atoms with Crippen LogP contribution in [0.3, 0.4) is 0 Å². The molecule has 0 radical (unpaired) electrons. The largest absolute Gasteiger partial charge is 0.492 e. The van der Waals surface area contributed by atoms with E-state index in [1.54, 1.807) is 19.1 Å². The minimum atomic E-state index is -3.70. The number of carbonyl (C=O) groups excluding carboxylic acids is 1. The molecule has 27 heavy (non-hydrogen) atoms. The smallest absolute Gasteiger partial charge is 0.246 e. The number of benzene rings is 1. The lowest BCUT2D eigenvalue weighted by Gasteiger charge is -2.27. The molecule has 1 saturated heterocycles. The summed E-state index contributed by atoms with van der Waals surface area (Å²) in [6.45, 7) is 3.18. The summed E-state index contributed by atoms with van der Waals surface area (Å²) in [5.41, 5.74) is 6.05. The van der Waals surface area contributed by atoms with Crippen molar-refractivity contribution < 1.29 is 22.7 Å². The summed E-state index contributed by atoms with van der Waals surface area (Å²) in [4.78, 5) is 12.1. The van der Waals surface area contributed by atoms with Gasteiger partial charge in [-0.2, -0.15) is 4.31 Å². The van der Waals surface area contributed by atoms with E-state index in [4.69, 9.17) is 15.2 Å². The van der Waals surface area contributed by atoms with Crippen molar-refractivity contribution in [2.24, 2.45) is 5.73 Å². The van der Waals surface area contributed by atoms with Gasteiger partial charge in [-0.1, -0.05) is 6.42 Å². The predicted octanol–water partition coefficient (Wildman–Crippen LogP) is 1.59. The number of hydrogen-bond acceptors (Lipinski definition) is 6. The van der Waals surface area contributed by atoms with Gasteiger partial charge < -0.3 is 20.5 Å². The Bertz CT molecular complexity index is 723. The number of anilines is 1. The third-order valence-corrected chi connectivity index (χ3v) is 6.05. The molecule has 1 fully saturated rings. The number of amides is 1. The molecule has 1 aliphatic heterocycles. The number of carbonyl (C=O) groups is 1.